The minimum absolute atomic E-state index is 0.143. The molecule has 0 aliphatic rings. The highest BCUT2D eigenvalue weighted by atomic mass is 16.5. The van der Waals surface area contributed by atoms with Crippen molar-refractivity contribution >= 4 is 0 Å². The average molecular weight is 235 g/mol. The summed E-state index contributed by atoms with van der Waals surface area (Å²) in [6.45, 7) is 6.13. The largest absolute Gasteiger partial charge is 0.381 e. The van der Waals surface area contributed by atoms with E-state index in [1.54, 1.807) is 0 Å². The molecule has 0 fully saturated rings. The van der Waals surface area contributed by atoms with Crippen LogP contribution in [0.2, 0.25) is 0 Å². The zero-order valence-corrected chi connectivity index (χ0v) is 11.1. The van der Waals surface area contributed by atoms with E-state index < -0.39 is 0 Å². The molecule has 2 N–H and O–H groups in total. The highest BCUT2D eigenvalue weighted by Gasteiger charge is 2.04. The molecule has 0 amide bonds. The lowest BCUT2D eigenvalue weighted by Gasteiger charge is -2.12. The predicted octanol–water partition coefficient (Wildman–Crippen LogP) is 3.53. The topological polar surface area (TPSA) is 35.2 Å². The van der Waals surface area contributed by atoms with Crippen molar-refractivity contribution in [3.05, 3.63) is 35.9 Å². The maximum atomic E-state index is 6.10. The van der Waals surface area contributed by atoms with E-state index >= 15 is 0 Å². The van der Waals surface area contributed by atoms with Crippen LogP contribution in [0.3, 0.4) is 0 Å². The van der Waals surface area contributed by atoms with Crippen LogP contribution in [0.4, 0.5) is 0 Å². The minimum Gasteiger partial charge on any atom is -0.381 e. The van der Waals surface area contributed by atoms with E-state index in [0.29, 0.717) is 0 Å². The molecule has 0 spiro atoms. The zero-order chi connectivity index (χ0) is 12.5. The lowest BCUT2D eigenvalue weighted by atomic mass is 10.0. The van der Waals surface area contributed by atoms with E-state index in [4.69, 9.17) is 10.5 Å². The average Bonchev–Trinajstić information content (AvgIpc) is 2.34. The SMILES string of the molecule is CC(C)CCOCCCC(N)c1ccccc1. The first-order valence-corrected chi connectivity index (χ1v) is 6.58. The summed E-state index contributed by atoms with van der Waals surface area (Å²) < 4.78 is 5.58. The molecule has 1 aromatic rings. The molecule has 1 aromatic carbocycles. The van der Waals surface area contributed by atoms with Gasteiger partial charge in [0.1, 0.15) is 0 Å². The van der Waals surface area contributed by atoms with E-state index in [-0.39, 0.29) is 6.04 Å². The Hall–Kier alpha value is -0.860. The summed E-state index contributed by atoms with van der Waals surface area (Å²) in [6, 6.07) is 10.4. The van der Waals surface area contributed by atoms with Crippen molar-refractivity contribution in [3.8, 4) is 0 Å². The quantitative estimate of drug-likeness (QED) is 0.700. The summed E-state index contributed by atoms with van der Waals surface area (Å²) in [6.07, 6.45) is 3.17. The van der Waals surface area contributed by atoms with Crippen molar-refractivity contribution in [2.75, 3.05) is 13.2 Å². The third kappa shape index (κ3) is 6.44. The Balaban J connectivity index is 2.07. The maximum Gasteiger partial charge on any atom is 0.0468 e. The van der Waals surface area contributed by atoms with Gasteiger partial charge in [0.15, 0.2) is 0 Å². The van der Waals surface area contributed by atoms with Crippen LogP contribution in [0, 0.1) is 5.92 Å². The molecular formula is C15H25NO. The number of ether oxygens (including phenoxy) is 1. The second-order valence-electron chi connectivity index (χ2n) is 4.95. The molecule has 1 atom stereocenters. The molecule has 0 radical (unpaired) electrons. The Bertz CT molecular complexity index is 284. The van der Waals surface area contributed by atoms with Crippen LogP contribution in [-0.2, 0) is 4.74 Å². The Morgan fingerprint density at radius 1 is 1.06 bits per heavy atom. The van der Waals surface area contributed by atoms with Gasteiger partial charge in [-0.3, -0.25) is 0 Å². The molecule has 2 nitrogen and oxygen atoms in total. The molecule has 1 unspecified atom stereocenters. The van der Waals surface area contributed by atoms with Crippen LogP contribution in [0.5, 0.6) is 0 Å². The monoisotopic (exact) mass is 235 g/mol. The molecule has 1 rings (SSSR count). The van der Waals surface area contributed by atoms with Gasteiger partial charge >= 0.3 is 0 Å². The van der Waals surface area contributed by atoms with Gasteiger partial charge < -0.3 is 10.5 Å². The minimum atomic E-state index is 0.143. The second-order valence-corrected chi connectivity index (χ2v) is 4.95. The van der Waals surface area contributed by atoms with Gasteiger partial charge in [-0.15, -0.1) is 0 Å². The van der Waals surface area contributed by atoms with Crippen molar-refractivity contribution < 1.29 is 4.74 Å². The van der Waals surface area contributed by atoms with Crippen LogP contribution in [0.25, 0.3) is 0 Å². The fraction of sp³-hybridized carbons (Fsp3) is 0.600. The fourth-order valence-corrected chi connectivity index (χ4v) is 1.69. The Labute approximate surface area is 105 Å². The lowest BCUT2D eigenvalue weighted by Crippen LogP contribution is -2.11. The first kappa shape index (κ1) is 14.2. The molecule has 0 aliphatic carbocycles. The first-order valence-electron chi connectivity index (χ1n) is 6.58. The maximum absolute atomic E-state index is 6.10. The lowest BCUT2D eigenvalue weighted by molar-refractivity contribution is 0.119. The first-order chi connectivity index (χ1) is 8.20. The molecule has 96 valence electrons. The highest BCUT2D eigenvalue weighted by Crippen LogP contribution is 2.14. The van der Waals surface area contributed by atoms with Crippen molar-refractivity contribution in [3.63, 3.8) is 0 Å². The summed E-state index contributed by atoms with van der Waals surface area (Å²) in [5.74, 6) is 0.724. The van der Waals surface area contributed by atoms with Gasteiger partial charge in [0.25, 0.3) is 0 Å². The summed E-state index contributed by atoms with van der Waals surface area (Å²) in [5, 5.41) is 0. The number of nitrogens with two attached hydrogens (primary N) is 1. The molecule has 17 heavy (non-hydrogen) atoms. The van der Waals surface area contributed by atoms with Crippen molar-refractivity contribution in [2.45, 2.75) is 39.2 Å². The molecule has 2 heteroatoms. The number of rotatable bonds is 8. The number of hydrogen-bond donors (Lipinski definition) is 1. The third-order valence-electron chi connectivity index (χ3n) is 2.87. The Morgan fingerprint density at radius 2 is 1.76 bits per heavy atom. The third-order valence-corrected chi connectivity index (χ3v) is 2.87. The fourth-order valence-electron chi connectivity index (χ4n) is 1.69. The predicted molar refractivity (Wildman–Crippen MR) is 72.9 cm³/mol. The van der Waals surface area contributed by atoms with E-state index in [1.165, 1.54) is 5.56 Å². The van der Waals surface area contributed by atoms with Crippen molar-refractivity contribution in [1.29, 1.82) is 0 Å². The van der Waals surface area contributed by atoms with Gasteiger partial charge in [-0.1, -0.05) is 44.2 Å². The Kier molecular flexibility index (Phi) is 6.90. The van der Waals surface area contributed by atoms with Crippen molar-refractivity contribution in [1.82, 2.24) is 0 Å². The van der Waals surface area contributed by atoms with Crippen LogP contribution in [-0.4, -0.2) is 13.2 Å². The van der Waals surface area contributed by atoms with Crippen LogP contribution in [0.1, 0.15) is 44.7 Å². The molecular weight excluding hydrogens is 210 g/mol. The Morgan fingerprint density at radius 3 is 2.41 bits per heavy atom. The molecule has 0 bridgehead atoms. The highest BCUT2D eigenvalue weighted by molar-refractivity contribution is 5.18. The number of hydrogen-bond acceptors (Lipinski definition) is 2. The van der Waals surface area contributed by atoms with Crippen LogP contribution < -0.4 is 5.73 Å². The van der Waals surface area contributed by atoms with Gasteiger partial charge in [-0.05, 0) is 30.7 Å². The van der Waals surface area contributed by atoms with E-state index in [9.17, 15) is 0 Å². The smallest absolute Gasteiger partial charge is 0.0468 e. The standard InChI is InChI=1S/C15H25NO/c1-13(2)10-12-17-11-6-9-15(16)14-7-4-3-5-8-14/h3-5,7-8,13,15H,6,9-12,16H2,1-2H3. The molecule has 0 saturated carbocycles. The van der Waals surface area contributed by atoms with Gasteiger partial charge in [-0.25, -0.2) is 0 Å². The second kappa shape index (κ2) is 8.26. The summed E-state index contributed by atoms with van der Waals surface area (Å²) in [7, 11) is 0. The number of benzene rings is 1. The van der Waals surface area contributed by atoms with Gasteiger partial charge in [0, 0.05) is 19.3 Å². The van der Waals surface area contributed by atoms with E-state index in [1.807, 2.05) is 18.2 Å². The van der Waals surface area contributed by atoms with Crippen LogP contribution >= 0.6 is 0 Å². The normalized spacial score (nSPS) is 12.9. The van der Waals surface area contributed by atoms with E-state index in [0.717, 1.165) is 38.4 Å². The van der Waals surface area contributed by atoms with E-state index in [2.05, 4.69) is 26.0 Å². The molecule has 0 aromatic heterocycles. The molecule has 0 saturated heterocycles. The van der Waals surface area contributed by atoms with Crippen molar-refractivity contribution in [2.24, 2.45) is 11.7 Å². The van der Waals surface area contributed by atoms with Gasteiger partial charge in [0.2, 0.25) is 0 Å². The summed E-state index contributed by atoms with van der Waals surface area (Å²) in [4.78, 5) is 0. The van der Waals surface area contributed by atoms with Crippen LogP contribution in [0.15, 0.2) is 30.3 Å². The zero-order valence-electron chi connectivity index (χ0n) is 11.1. The molecule has 0 heterocycles. The molecule has 0 aliphatic heterocycles. The van der Waals surface area contributed by atoms with Gasteiger partial charge in [0.05, 0.1) is 0 Å². The summed E-state index contributed by atoms with van der Waals surface area (Å²) >= 11 is 0. The summed E-state index contributed by atoms with van der Waals surface area (Å²) in [5.41, 5.74) is 7.32. The van der Waals surface area contributed by atoms with Gasteiger partial charge in [-0.2, -0.15) is 0 Å².